The largest absolute Gasteiger partial charge is 0.383 e. The molecule has 0 aliphatic rings. The number of hydrogen-bond donors (Lipinski definition) is 2. The van der Waals surface area contributed by atoms with E-state index in [9.17, 15) is 14.7 Å². The number of aliphatic hydroxyl groups excluding tert-OH is 1. The smallest absolute Gasteiger partial charge is 0.249 e. The lowest BCUT2D eigenvalue weighted by Crippen LogP contribution is -2.45. The monoisotopic (exact) mass is 291 g/mol. The first-order chi connectivity index (χ1) is 9.90. The number of amides is 1. The molecule has 0 spiro atoms. The van der Waals surface area contributed by atoms with Crippen LogP contribution in [0.2, 0.25) is 0 Å². The molecule has 4 nitrogen and oxygen atoms in total. The summed E-state index contributed by atoms with van der Waals surface area (Å²) >= 11 is 0. The van der Waals surface area contributed by atoms with E-state index in [1.807, 2.05) is 44.2 Å². The summed E-state index contributed by atoms with van der Waals surface area (Å²) in [4.78, 5) is 23.5. The summed E-state index contributed by atoms with van der Waals surface area (Å²) in [7, 11) is 0. The predicted molar refractivity (Wildman–Crippen MR) is 82.8 cm³/mol. The van der Waals surface area contributed by atoms with E-state index in [0.29, 0.717) is 25.2 Å². The van der Waals surface area contributed by atoms with Crippen molar-refractivity contribution in [3.05, 3.63) is 35.9 Å². The van der Waals surface area contributed by atoms with Crippen molar-refractivity contribution in [3.63, 3.8) is 0 Å². The van der Waals surface area contributed by atoms with E-state index in [1.165, 1.54) is 6.92 Å². The van der Waals surface area contributed by atoms with Gasteiger partial charge >= 0.3 is 0 Å². The molecule has 2 N–H and O–H groups in total. The quantitative estimate of drug-likeness (QED) is 0.771. The van der Waals surface area contributed by atoms with Gasteiger partial charge in [0.25, 0.3) is 0 Å². The normalized spacial score (nSPS) is 13.8. The molecule has 1 aromatic rings. The van der Waals surface area contributed by atoms with Gasteiger partial charge in [-0.3, -0.25) is 9.59 Å². The van der Waals surface area contributed by atoms with Crippen LogP contribution in [0.5, 0.6) is 0 Å². The van der Waals surface area contributed by atoms with Crippen molar-refractivity contribution in [1.29, 1.82) is 0 Å². The summed E-state index contributed by atoms with van der Waals surface area (Å²) in [6.07, 6.45) is 0.484. The van der Waals surface area contributed by atoms with E-state index < -0.39 is 18.1 Å². The highest BCUT2D eigenvalue weighted by Crippen LogP contribution is 2.08. The van der Waals surface area contributed by atoms with Gasteiger partial charge < -0.3 is 10.4 Å². The molecule has 0 heterocycles. The number of carbonyl (C=O) groups excluding carboxylic acids is 2. The summed E-state index contributed by atoms with van der Waals surface area (Å²) < 4.78 is 0. The predicted octanol–water partition coefficient (Wildman–Crippen LogP) is 2.10. The molecule has 4 heteroatoms. The van der Waals surface area contributed by atoms with Crippen LogP contribution in [0, 0.1) is 5.92 Å². The minimum atomic E-state index is -1.08. The second-order valence-corrected chi connectivity index (χ2v) is 5.84. The topological polar surface area (TPSA) is 66.4 Å². The van der Waals surface area contributed by atoms with E-state index in [1.54, 1.807) is 0 Å². The maximum Gasteiger partial charge on any atom is 0.249 e. The molecule has 1 amide bonds. The number of ketones is 1. The molecule has 0 radical (unpaired) electrons. The summed E-state index contributed by atoms with van der Waals surface area (Å²) in [6.45, 7) is 5.45. The minimum absolute atomic E-state index is 0.0766. The van der Waals surface area contributed by atoms with E-state index in [0.717, 1.165) is 5.56 Å². The number of aryl methyl sites for hydroxylation is 1. The number of nitrogens with one attached hydrogen (secondary N) is 1. The van der Waals surface area contributed by atoms with Crippen molar-refractivity contribution < 1.29 is 14.7 Å². The zero-order valence-electron chi connectivity index (χ0n) is 13.0. The van der Waals surface area contributed by atoms with Gasteiger partial charge in [-0.25, -0.2) is 0 Å². The van der Waals surface area contributed by atoms with Crippen molar-refractivity contribution in [1.82, 2.24) is 5.32 Å². The molecule has 0 saturated heterocycles. The summed E-state index contributed by atoms with van der Waals surface area (Å²) in [5.41, 5.74) is 1.08. The Morgan fingerprint density at radius 2 is 1.81 bits per heavy atom. The first kappa shape index (κ1) is 17.4. The highest BCUT2D eigenvalue weighted by atomic mass is 16.3. The lowest BCUT2D eigenvalue weighted by Gasteiger charge is -2.20. The van der Waals surface area contributed by atoms with Crippen LogP contribution >= 0.6 is 0 Å². The standard InChI is InChI=1S/C17H25NO3/c1-12(2)11-15(13(3)19)18-17(21)16(20)10-9-14-7-5-4-6-8-14/h4-8,12,15-16,20H,9-11H2,1-3H3,(H,18,21)/t15-,16-/m0/s1. The van der Waals surface area contributed by atoms with Gasteiger partial charge in [-0.1, -0.05) is 44.2 Å². The molecule has 0 aliphatic heterocycles. The lowest BCUT2D eigenvalue weighted by molar-refractivity contribution is -0.133. The highest BCUT2D eigenvalue weighted by molar-refractivity contribution is 5.89. The Kier molecular flexibility index (Phi) is 7.09. The highest BCUT2D eigenvalue weighted by Gasteiger charge is 2.22. The first-order valence-corrected chi connectivity index (χ1v) is 7.43. The maximum atomic E-state index is 11.9. The lowest BCUT2D eigenvalue weighted by atomic mass is 10.00. The second-order valence-electron chi connectivity index (χ2n) is 5.84. The van der Waals surface area contributed by atoms with Crippen LogP contribution in [0.1, 0.15) is 39.2 Å². The van der Waals surface area contributed by atoms with Gasteiger partial charge in [-0.2, -0.15) is 0 Å². The molecule has 0 saturated carbocycles. The van der Waals surface area contributed by atoms with Crippen LogP contribution in [0.25, 0.3) is 0 Å². The van der Waals surface area contributed by atoms with Crippen LogP contribution in [0.15, 0.2) is 30.3 Å². The van der Waals surface area contributed by atoms with E-state index in [4.69, 9.17) is 0 Å². The SMILES string of the molecule is CC(=O)[C@H](CC(C)C)NC(=O)[C@@H](O)CCc1ccccc1. The van der Waals surface area contributed by atoms with Crippen molar-refractivity contribution >= 4 is 11.7 Å². The van der Waals surface area contributed by atoms with E-state index >= 15 is 0 Å². The summed E-state index contributed by atoms with van der Waals surface area (Å²) in [6, 6.07) is 9.19. The van der Waals surface area contributed by atoms with Gasteiger partial charge in [0, 0.05) is 0 Å². The average Bonchev–Trinajstić information content (AvgIpc) is 2.44. The van der Waals surface area contributed by atoms with Crippen LogP contribution in [-0.2, 0) is 16.0 Å². The Balaban J connectivity index is 2.47. The van der Waals surface area contributed by atoms with Crippen molar-refractivity contribution in [2.45, 2.75) is 52.2 Å². The number of Topliss-reactive ketones (excluding diaryl/α,β-unsaturated/α-hetero) is 1. The van der Waals surface area contributed by atoms with Crippen LogP contribution in [-0.4, -0.2) is 28.9 Å². The Morgan fingerprint density at radius 3 is 2.33 bits per heavy atom. The van der Waals surface area contributed by atoms with Gasteiger partial charge in [-0.15, -0.1) is 0 Å². The zero-order chi connectivity index (χ0) is 15.8. The van der Waals surface area contributed by atoms with E-state index in [2.05, 4.69) is 5.32 Å². The Labute approximate surface area is 126 Å². The Hall–Kier alpha value is -1.68. The van der Waals surface area contributed by atoms with Crippen molar-refractivity contribution in [3.8, 4) is 0 Å². The third kappa shape index (κ3) is 6.54. The molecule has 1 aromatic carbocycles. The fourth-order valence-electron chi connectivity index (χ4n) is 2.14. The van der Waals surface area contributed by atoms with Crippen LogP contribution < -0.4 is 5.32 Å². The minimum Gasteiger partial charge on any atom is -0.383 e. The number of hydrogen-bond acceptors (Lipinski definition) is 3. The van der Waals surface area contributed by atoms with Crippen LogP contribution in [0.3, 0.4) is 0 Å². The van der Waals surface area contributed by atoms with Crippen molar-refractivity contribution in [2.75, 3.05) is 0 Å². The number of benzene rings is 1. The molecule has 0 aliphatic carbocycles. The molecular formula is C17H25NO3. The zero-order valence-corrected chi connectivity index (χ0v) is 13.0. The van der Waals surface area contributed by atoms with Gasteiger partial charge in [-0.05, 0) is 37.7 Å². The van der Waals surface area contributed by atoms with Crippen LogP contribution in [0.4, 0.5) is 0 Å². The number of aliphatic hydroxyl groups is 1. The van der Waals surface area contributed by atoms with Gasteiger partial charge in [0.1, 0.15) is 6.10 Å². The molecule has 0 unspecified atom stereocenters. The Bertz CT molecular complexity index is 456. The molecular weight excluding hydrogens is 266 g/mol. The third-order valence-electron chi connectivity index (χ3n) is 3.37. The van der Waals surface area contributed by atoms with Crippen molar-refractivity contribution in [2.24, 2.45) is 5.92 Å². The van der Waals surface area contributed by atoms with Gasteiger partial charge in [0.15, 0.2) is 5.78 Å². The number of rotatable bonds is 8. The third-order valence-corrected chi connectivity index (χ3v) is 3.37. The summed E-state index contributed by atoms with van der Waals surface area (Å²) in [5, 5.41) is 12.6. The molecule has 21 heavy (non-hydrogen) atoms. The molecule has 2 atom stereocenters. The molecule has 0 bridgehead atoms. The molecule has 116 valence electrons. The average molecular weight is 291 g/mol. The number of carbonyl (C=O) groups is 2. The summed E-state index contributed by atoms with van der Waals surface area (Å²) in [5.74, 6) is -0.236. The van der Waals surface area contributed by atoms with E-state index in [-0.39, 0.29) is 5.78 Å². The molecule has 0 aromatic heterocycles. The van der Waals surface area contributed by atoms with Gasteiger partial charge in [0.05, 0.1) is 6.04 Å². The Morgan fingerprint density at radius 1 is 1.19 bits per heavy atom. The fraction of sp³-hybridized carbons (Fsp3) is 0.529. The maximum absolute atomic E-state index is 11.9. The van der Waals surface area contributed by atoms with Gasteiger partial charge in [0.2, 0.25) is 5.91 Å². The second kappa shape index (κ2) is 8.57. The fourth-order valence-corrected chi connectivity index (χ4v) is 2.14. The molecule has 0 fully saturated rings. The first-order valence-electron chi connectivity index (χ1n) is 7.43. The molecule has 1 rings (SSSR count).